The summed E-state index contributed by atoms with van der Waals surface area (Å²) in [6, 6.07) is 5.32. The molecule has 32 heavy (non-hydrogen) atoms. The Bertz CT molecular complexity index is 1070. The molecule has 1 aliphatic heterocycles. The number of hydrogen-bond acceptors (Lipinski definition) is 10. The molecule has 0 aliphatic carbocycles. The highest BCUT2D eigenvalue weighted by Crippen LogP contribution is 2.43. The fourth-order valence-electron chi connectivity index (χ4n) is 3.59. The molecule has 0 spiro atoms. The second-order valence-electron chi connectivity index (χ2n) is 7.61. The van der Waals surface area contributed by atoms with Crippen LogP contribution in [-0.2, 0) is 23.6 Å². The number of phenols is 1. The largest absolute Gasteiger partial charge is 0.508 e. The van der Waals surface area contributed by atoms with Crippen molar-refractivity contribution in [2.24, 2.45) is 0 Å². The number of aliphatic hydroxyl groups excluding tert-OH is 2. The lowest BCUT2D eigenvalue weighted by Crippen LogP contribution is -2.68. The zero-order chi connectivity index (χ0) is 23.8. The molecule has 2 aromatic rings. The van der Waals surface area contributed by atoms with E-state index in [9.17, 15) is 44.7 Å². The molecule has 13 heteroatoms. The summed E-state index contributed by atoms with van der Waals surface area (Å²) in [6.07, 6.45) is -5.03. The van der Waals surface area contributed by atoms with E-state index >= 15 is 0 Å². The number of aromatic amines is 1. The van der Waals surface area contributed by atoms with Crippen LogP contribution in [0.15, 0.2) is 40.1 Å². The molecule has 1 fully saturated rings. The van der Waals surface area contributed by atoms with Gasteiger partial charge in [-0.15, -0.1) is 5.06 Å². The Balaban J connectivity index is 2.12. The molecule has 1 saturated heterocycles. The van der Waals surface area contributed by atoms with Gasteiger partial charge in [0.05, 0.1) is 13.2 Å². The number of benzene rings is 1. The van der Waals surface area contributed by atoms with Crippen molar-refractivity contribution in [2.75, 3.05) is 6.61 Å². The highest BCUT2D eigenvalue weighted by Gasteiger charge is 2.70. The Morgan fingerprint density at radius 2 is 1.91 bits per heavy atom. The number of alkyl halides is 1. The minimum absolute atomic E-state index is 0.0764. The van der Waals surface area contributed by atoms with E-state index in [-0.39, 0.29) is 16.4 Å². The highest BCUT2D eigenvalue weighted by atomic mass is 19.1. The third-order valence-corrected chi connectivity index (χ3v) is 5.25. The lowest BCUT2D eigenvalue weighted by Gasteiger charge is -2.42. The number of rotatable bonds is 7. The topological polar surface area (TPSA) is 189 Å². The van der Waals surface area contributed by atoms with Gasteiger partial charge in [-0.3, -0.25) is 9.78 Å². The summed E-state index contributed by atoms with van der Waals surface area (Å²) >= 11 is 0. The van der Waals surface area contributed by atoms with E-state index in [4.69, 9.17) is 4.74 Å². The fourth-order valence-corrected chi connectivity index (χ4v) is 3.59. The molecule has 5 atom stereocenters. The molecule has 7 N–H and O–H groups in total. The average Bonchev–Trinajstić information content (AvgIpc) is 2.93. The van der Waals surface area contributed by atoms with Gasteiger partial charge in [0.1, 0.15) is 24.1 Å². The average molecular weight is 457 g/mol. The van der Waals surface area contributed by atoms with Gasteiger partial charge in [0.15, 0.2) is 0 Å². The predicted molar refractivity (Wildman–Crippen MR) is 104 cm³/mol. The van der Waals surface area contributed by atoms with Gasteiger partial charge in [-0.1, -0.05) is 12.1 Å². The lowest BCUT2D eigenvalue weighted by molar-refractivity contribution is -0.413. The molecule has 1 unspecified atom stereocenters. The van der Waals surface area contributed by atoms with Crippen molar-refractivity contribution in [2.45, 2.75) is 49.9 Å². The van der Waals surface area contributed by atoms with Crippen molar-refractivity contribution in [1.82, 2.24) is 14.6 Å². The normalized spacial score (nSPS) is 28.9. The van der Waals surface area contributed by atoms with Crippen molar-refractivity contribution in [3.63, 3.8) is 0 Å². The maximum atomic E-state index is 13.5. The summed E-state index contributed by atoms with van der Waals surface area (Å²) in [5.41, 5.74) is -5.36. The molecular formula is C19H24FN3O9. The number of halogens is 1. The second-order valence-corrected chi connectivity index (χ2v) is 7.61. The van der Waals surface area contributed by atoms with Gasteiger partial charge in [-0.25, -0.2) is 13.8 Å². The van der Waals surface area contributed by atoms with E-state index in [0.29, 0.717) is 10.1 Å². The third-order valence-electron chi connectivity index (χ3n) is 5.25. The first-order chi connectivity index (χ1) is 14.9. The molecule has 12 nitrogen and oxygen atoms in total. The zero-order valence-electron chi connectivity index (χ0n) is 16.9. The van der Waals surface area contributed by atoms with Crippen LogP contribution < -0.4 is 11.2 Å². The van der Waals surface area contributed by atoms with Gasteiger partial charge < -0.3 is 35.5 Å². The van der Waals surface area contributed by atoms with Gasteiger partial charge >= 0.3 is 11.6 Å². The van der Waals surface area contributed by atoms with Crippen LogP contribution in [0.3, 0.4) is 0 Å². The molecule has 0 bridgehead atoms. The number of H-pyrrole nitrogens is 1. The van der Waals surface area contributed by atoms with Crippen molar-refractivity contribution >= 4 is 0 Å². The summed E-state index contributed by atoms with van der Waals surface area (Å²) in [4.78, 5) is 26.3. The maximum absolute atomic E-state index is 13.5. The number of aromatic nitrogens is 2. The predicted octanol–water partition coefficient (Wildman–Crippen LogP) is -1.92. The fraction of sp³-hybridized carbons (Fsp3) is 0.474. The minimum Gasteiger partial charge on any atom is -0.508 e. The number of aromatic hydroxyl groups is 1. The maximum Gasteiger partial charge on any atom is 0.332 e. The SMILES string of the molecule is CC(F)Cc1cn([C@]2(O)O[C@H](CO)[C@@H](O)[C@]2(O)N(O)Cc2ccc(O)cc2)c(=O)[nH]c1=O. The molecular weight excluding hydrogens is 433 g/mol. The molecule has 0 radical (unpaired) electrons. The molecule has 2 heterocycles. The van der Waals surface area contributed by atoms with Crippen LogP contribution in [0.2, 0.25) is 0 Å². The van der Waals surface area contributed by atoms with Crippen LogP contribution >= 0.6 is 0 Å². The number of phenolic OH excluding ortho intramolecular Hbond substituents is 1. The Morgan fingerprint density at radius 3 is 2.47 bits per heavy atom. The number of hydrogen-bond donors (Lipinski definition) is 7. The van der Waals surface area contributed by atoms with Crippen molar-refractivity contribution in [3.8, 4) is 5.75 Å². The van der Waals surface area contributed by atoms with Crippen LogP contribution in [-0.4, -0.2) is 76.1 Å². The number of nitrogens with zero attached hydrogens (tertiary/aromatic N) is 2. The standard InChI is InChI=1S/C19H24FN3O9/c1-10(20)6-12-8-22(17(28)21-16(12)27)19(30)18(29,15(26)14(9-24)32-19)23(31)7-11-2-4-13(25)5-3-11/h2-5,8,10,14-15,24-26,29-31H,6-7,9H2,1H3,(H,21,27,28)/t10?,14-,15-,18-,19-/m1/s1. The molecule has 1 aliphatic rings. The quantitative estimate of drug-likeness (QED) is 0.182. The highest BCUT2D eigenvalue weighted by molar-refractivity contribution is 5.26. The van der Waals surface area contributed by atoms with Crippen molar-refractivity contribution in [1.29, 1.82) is 0 Å². The van der Waals surface area contributed by atoms with Gasteiger partial charge in [0, 0.05) is 18.2 Å². The van der Waals surface area contributed by atoms with E-state index in [0.717, 1.165) is 13.1 Å². The molecule has 0 amide bonds. The molecule has 3 rings (SSSR count). The van der Waals surface area contributed by atoms with E-state index in [1.165, 1.54) is 24.3 Å². The van der Waals surface area contributed by atoms with Gasteiger partial charge in [-0.05, 0) is 24.6 Å². The zero-order valence-corrected chi connectivity index (χ0v) is 16.9. The smallest absolute Gasteiger partial charge is 0.332 e. The first kappa shape index (κ1) is 24.0. The van der Waals surface area contributed by atoms with Gasteiger partial charge in [0.2, 0.25) is 5.72 Å². The lowest BCUT2D eigenvalue weighted by atomic mass is 10.00. The first-order valence-electron chi connectivity index (χ1n) is 9.59. The Morgan fingerprint density at radius 1 is 1.28 bits per heavy atom. The van der Waals surface area contributed by atoms with Gasteiger partial charge in [0.25, 0.3) is 5.56 Å². The van der Waals surface area contributed by atoms with E-state index < -0.39 is 60.8 Å². The number of nitrogens with one attached hydrogen (secondary N) is 1. The Kier molecular flexibility index (Phi) is 6.53. The summed E-state index contributed by atoms with van der Waals surface area (Å²) in [7, 11) is 0. The van der Waals surface area contributed by atoms with Crippen LogP contribution in [0.5, 0.6) is 5.75 Å². The van der Waals surface area contributed by atoms with Crippen LogP contribution in [0.4, 0.5) is 4.39 Å². The summed E-state index contributed by atoms with van der Waals surface area (Å²) < 4.78 is 19.0. The van der Waals surface area contributed by atoms with Crippen molar-refractivity contribution in [3.05, 3.63) is 62.4 Å². The summed E-state index contributed by atoms with van der Waals surface area (Å²) in [5, 5.41) is 62.7. The summed E-state index contributed by atoms with van der Waals surface area (Å²) in [5.74, 6) is -3.30. The van der Waals surface area contributed by atoms with Crippen LogP contribution in [0, 0.1) is 0 Å². The van der Waals surface area contributed by atoms with E-state index in [1.54, 1.807) is 0 Å². The van der Waals surface area contributed by atoms with E-state index in [1.807, 2.05) is 4.98 Å². The monoisotopic (exact) mass is 457 g/mol. The number of ether oxygens (including phenoxy) is 1. The third kappa shape index (κ3) is 3.95. The molecule has 176 valence electrons. The number of aliphatic hydroxyl groups is 4. The van der Waals surface area contributed by atoms with Gasteiger partial charge in [-0.2, -0.15) is 0 Å². The van der Waals surface area contributed by atoms with Crippen LogP contribution in [0.1, 0.15) is 18.1 Å². The first-order valence-corrected chi connectivity index (χ1v) is 9.59. The van der Waals surface area contributed by atoms with Crippen LogP contribution in [0.25, 0.3) is 0 Å². The second kappa shape index (κ2) is 8.71. The number of hydroxylamine groups is 2. The Labute approximate surface area is 179 Å². The summed E-state index contributed by atoms with van der Waals surface area (Å²) in [6.45, 7) is -0.305. The Hall–Kier alpha value is -2.65. The molecule has 0 saturated carbocycles. The minimum atomic E-state index is -3.22. The van der Waals surface area contributed by atoms with E-state index in [2.05, 4.69) is 0 Å². The van der Waals surface area contributed by atoms with Crippen molar-refractivity contribution < 1.29 is 39.9 Å². The molecule has 1 aromatic heterocycles. The molecule has 1 aromatic carbocycles.